The highest BCUT2D eigenvalue weighted by Crippen LogP contribution is 2.18. The minimum Gasteiger partial charge on any atom is -0.491 e. The second-order valence-electron chi connectivity index (χ2n) is 7.71. The topological polar surface area (TPSA) is 41.9 Å². The summed E-state index contributed by atoms with van der Waals surface area (Å²) in [6.45, 7) is 6.53. The maximum absolute atomic E-state index is 14.1. The van der Waals surface area contributed by atoms with E-state index in [2.05, 4.69) is 11.0 Å². The van der Waals surface area contributed by atoms with Crippen LogP contribution >= 0.6 is 0 Å². The van der Waals surface area contributed by atoms with Gasteiger partial charge in [-0.1, -0.05) is 24.3 Å². The van der Waals surface area contributed by atoms with Gasteiger partial charge in [0.15, 0.2) is 0 Å². The number of nitrogens with zero attached hydrogens (tertiary/aromatic N) is 1. The van der Waals surface area contributed by atoms with Crippen molar-refractivity contribution in [2.45, 2.75) is 45.4 Å². The number of halogens is 1. The van der Waals surface area contributed by atoms with Crippen LogP contribution in [-0.4, -0.2) is 48.5 Å². The zero-order valence-corrected chi connectivity index (χ0v) is 16.7. The smallest absolute Gasteiger partial charge is 0.127 e. The standard InChI is InChI=1S/C23H30FNO3/c1-17-10-18(2)12-22(11-17)28-16-20(26)14-25(15-21-7-5-9-27-21)13-19-6-3-4-8-23(19)24/h3-4,6,8,10-12,20-21,26H,5,7,9,13-16H2,1-2H3. The Morgan fingerprint density at radius 3 is 2.64 bits per heavy atom. The van der Waals surface area contributed by atoms with Crippen molar-refractivity contribution >= 4 is 0 Å². The van der Waals surface area contributed by atoms with Gasteiger partial charge < -0.3 is 14.6 Å². The van der Waals surface area contributed by atoms with Crippen molar-refractivity contribution in [1.82, 2.24) is 4.90 Å². The van der Waals surface area contributed by atoms with E-state index in [1.54, 1.807) is 12.1 Å². The molecule has 3 rings (SSSR count). The number of aliphatic hydroxyl groups is 1. The van der Waals surface area contributed by atoms with Gasteiger partial charge in [0.05, 0.1) is 6.10 Å². The zero-order chi connectivity index (χ0) is 19.9. The second-order valence-corrected chi connectivity index (χ2v) is 7.71. The first-order chi connectivity index (χ1) is 13.5. The van der Waals surface area contributed by atoms with Gasteiger partial charge in [0.1, 0.15) is 24.3 Å². The van der Waals surface area contributed by atoms with Gasteiger partial charge in [-0.15, -0.1) is 0 Å². The molecule has 0 amide bonds. The Kier molecular flexibility index (Phi) is 7.43. The Morgan fingerprint density at radius 1 is 1.21 bits per heavy atom. The molecule has 152 valence electrons. The van der Waals surface area contributed by atoms with Crippen LogP contribution in [0.3, 0.4) is 0 Å². The number of benzene rings is 2. The van der Waals surface area contributed by atoms with E-state index in [9.17, 15) is 9.50 Å². The fourth-order valence-electron chi connectivity index (χ4n) is 3.71. The molecule has 0 saturated carbocycles. The van der Waals surface area contributed by atoms with E-state index in [1.165, 1.54) is 6.07 Å². The summed E-state index contributed by atoms with van der Waals surface area (Å²) in [6.07, 6.45) is 1.52. The first-order valence-corrected chi connectivity index (χ1v) is 9.96. The number of aliphatic hydroxyl groups excluding tert-OH is 1. The molecule has 1 heterocycles. The Labute approximate surface area is 166 Å². The van der Waals surface area contributed by atoms with E-state index in [-0.39, 0.29) is 18.5 Å². The fourth-order valence-corrected chi connectivity index (χ4v) is 3.71. The van der Waals surface area contributed by atoms with Crippen LogP contribution in [0.25, 0.3) is 0 Å². The van der Waals surface area contributed by atoms with Gasteiger partial charge in [-0.25, -0.2) is 4.39 Å². The highest BCUT2D eigenvalue weighted by molar-refractivity contribution is 5.33. The maximum Gasteiger partial charge on any atom is 0.127 e. The summed E-state index contributed by atoms with van der Waals surface area (Å²) >= 11 is 0. The van der Waals surface area contributed by atoms with Gasteiger partial charge in [0, 0.05) is 31.8 Å². The third kappa shape index (κ3) is 6.30. The summed E-state index contributed by atoms with van der Waals surface area (Å²) in [5.74, 6) is 0.539. The predicted molar refractivity (Wildman–Crippen MR) is 108 cm³/mol. The van der Waals surface area contributed by atoms with E-state index in [0.29, 0.717) is 25.2 Å². The van der Waals surface area contributed by atoms with Gasteiger partial charge >= 0.3 is 0 Å². The van der Waals surface area contributed by atoms with Crippen molar-refractivity contribution in [3.63, 3.8) is 0 Å². The molecule has 0 aromatic heterocycles. The van der Waals surface area contributed by atoms with Crippen molar-refractivity contribution in [2.75, 3.05) is 26.3 Å². The Morgan fingerprint density at radius 2 is 1.96 bits per heavy atom. The number of aryl methyl sites for hydroxylation is 2. The van der Waals surface area contributed by atoms with Crippen LogP contribution in [0.2, 0.25) is 0 Å². The highest BCUT2D eigenvalue weighted by Gasteiger charge is 2.22. The number of rotatable bonds is 9. The van der Waals surface area contributed by atoms with Crippen LogP contribution in [0, 0.1) is 19.7 Å². The molecule has 4 nitrogen and oxygen atoms in total. The van der Waals surface area contributed by atoms with Crippen LogP contribution in [0.1, 0.15) is 29.5 Å². The van der Waals surface area contributed by atoms with Crippen LogP contribution < -0.4 is 4.74 Å². The number of ether oxygens (including phenoxy) is 2. The van der Waals surface area contributed by atoms with E-state index in [4.69, 9.17) is 9.47 Å². The molecule has 1 saturated heterocycles. The van der Waals surface area contributed by atoms with Gasteiger partial charge in [0.2, 0.25) is 0 Å². The molecular formula is C23H30FNO3. The first kappa shape index (κ1) is 20.8. The molecule has 2 aromatic carbocycles. The monoisotopic (exact) mass is 387 g/mol. The third-order valence-electron chi connectivity index (χ3n) is 4.94. The molecule has 0 radical (unpaired) electrons. The molecule has 28 heavy (non-hydrogen) atoms. The largest absolute Gasteiger partial charge is 0.491 e. The van der Waals surface area contributed by atoms with Crippen molar-refractivity contribution in [3.05, 3.63) is 65.0 Å². The van der Waals surface area contributed by atoms with Crippen molar-refractivity contribution in [2.24, 2.45) is 0 Å². The Balaban J connectivity index is 1.59. The van der Waals surface area contributed by atoms with Crippen LogP contribution in [0.5, 0.6) is 5.75 Å². The number of hydrogen-bond donors (Lipinski definition) is 1. The molecule has 1 aliphatic heterocycles. The van der Waals surface area contributed by atoms with Crippen LogP contribution in [0.15, 0.2) is 42.5 Å². The van der Waals surface area contributed by atoms with Crippen molar-refractivity contribution < 1.29 is 19.0 Å². The highest BCUT2D eigenvalue weighted by atomic mass is 19.1. The summed E-state index contributed by atoms with van der Waals surface area (Å²) in [7, 11) is 0. The van der Waals surface area contributed by atoms with E-state index >= 15 is 0 Å². The lowest BCUT2D eigenvalue weighted by Crippen LogP contribution is -2.39. The molecule has 0 bridgehead atoms. The molecular weight excluding hydrogens is 357 g/mol. The molecule has 2 aromatic rings. The third-order valence-corrected chi connectivity index (χ3v) is 4.94. The quantitative estimate of drug-likeness (QED) is 0.709. The average Bonchev–Trinajstić information content (AvgIpc) is 3.14. The lowest BCUT2D eigenvalue weighted by atomic mass is 10.1. The summed E-state index contributed by atoms with van der Waals surface area (Å²) in [4.78, 5) is 2.06. The Hall–Kier alpha value is -1.95. The minimum atomic E-state index is -0.672. The maximum atomic E-state index is 14.1. The molecule has 1 fully saturated rings. The molecule has 0 aliphatic carbocycles. The van der Waals surface area contributed by atoms with Gasteiger partial charge in [0.25, 0.3) is 0 Å². The fraction of sp³-hybridized carbons (Fsp3) is 0.478. The molecule has 2 unspecified atom stereocenters. The first-order valence-electron chi connectivity index (χ1n) is 9.96. The van der Waals surface area contributed by atoms with E-state index in [0.717, 1.165) is 36.3 Å². The van der Waals surface area contributed by atoms with Gasteiger partial charge in [-0.2, -0.15) is 0 Å². The number of hydrogen-bond acceptors (Lipinski definition) is 4. The average molecular weight is 387 g/mol. The molecule has 1 N–H and O–H groups in total. The van der Waals surface area contributed by atoms with Crippen LogP contribution in [-0.2, 0) is 11.3 Å². The molecule has 0 spiro atoms. The van der Waals surface area contributed by atoms with Gasteiger partial charge in [-0.05, 0) is 56.0 Å². The normalized spacial score (nSPS) is 17.8. The SMILES string of the molecule is Cc1cc(C)cc(OCC(O)CN(Cc2ccccc2F)CC2CCCO2)c1. The summed E-state index contributed by atoms with van der Waals surface area (Å²) < 4.78 is 25.6. The molecule has 2 atom stereocenters. The van der Waals surface area contributed by atoms with Gasteiger partial charge in [-0.3, -0.25) is 4.90 Å². The van der Waals surface area contributed by atoms with E-state index < -0.39 is 6.10 Å². The summed E-state index contributed by atoms with van der Waals surface area (Å²) in [5, 5.41) is 10.5. The van der Waals surface area contributed by atoms with Crippen molar-refractivity contribution in [3.8, 4) is 5.75 Å². The minimum absolute atomic E-state index is 0.138. The molecule has 5 heteroatoms. The predicted octanol–water partition coefficient (Wildman–Crippen LogP) is 3.86. The summed E-state index contributed by atoms with van der Waals surface area (Å²) in [6, 6.07) is 12.8. The lowest BCUT2D eigenvalue weighted by molar-refractivity contribution is 0.0309. The van der Waals surface area contributed by atoms with Crippen molar-refractivity contribution in [1.29, 1.82) is 0 Å². The lowest BCUT2D eigenvalue weighted by Gasteiger charge is -2.27. The van der Waals surface area contributed by atoms with Crippen LogP contribution in [0.4, 0.5) is 4.39 Å². The summed E-state index contributed by atoms with van der Waals surface area (Å²) in [5.41, 5.74) is 2.89. The zero-order valence-electron chi connectivity index (χ0n) is 16.7. The second kappa shape index (κ2) is 10.0. The molecule has 1 aliphatic rings. The van der Waals surface area contributed by atoms with E-state index in [1.807, 2.05) is 32.0 Å². The Bertz CT molecular complexity index is 741.